The maximum absolute atomic E-state index is 2.27. The van der Waals surface area contributed by atoms with Crippen LogP contribution in [0.25, 0.3) is 43.1 Å². The minimum atomic E-state index is 1.33. The monoisotopic (exact) mass is 444 g/mol. The van der Waals surface area contributed by atoms with Crippen LogP contribution in [0.1, 0.15) is 0 Å². The van der Waals surface area contributed by atoms with Gasteiger partial charge in [-0.2, -0.15) is 0 Å². The second-order valence-electron chi connectivity index (χ2n) is 5.51. The van der Waals surface area contributed by atoms with E-state index in [1.807, 2.05) is 0 Å². The molecule has 5 aromatic rings. The summed E-state index contributed by atoms with van der Waals surface area (Å²) in [5.74, 6) is 0. The van der Waals surface area contributed by atoms with Gasteiger partial charge in [-0.15, -0.1) is 0 Å². The van der Waals surface area contributed by atoms with E-state index in [-0.39, 0.29) is 0 Å². The molecule has 5 rings (SSSR count). The molecular formula is C20H11Ir. The third-order valence-electron chi connectivity index (χ3n) is 4.44. The zero-order chi connectivity index (χ0) is 14.0. The van der Waals surface area contributed by atoms with Crippen LogP contribution in [0.3, 0.4) is 0 Å². The molecule has 0 heterocycles. The SMILES string of the molecule is [Ir][c]1ccc2cccc3c4cccc5cccc(c1c23)c54. The van der Waals surface area contributed by atoms with E-state index in [0.717, 1.165) is 0 Å². The molecule has 0 aliphatic heterocycles. The average molecular weight is 444 g/mol. The van der Waals surface area contributed by atoms with Gasteiger partial charge in [-0.05, 0) is 0 Å². The zero-order valence-corrected chi connectivity index (χ0v) is 13.6. The van der Waals surface area contributed by atoms with Gasteiger partial charge in [0.2, 0.25) is 0 Å². The maximum atomic E-state index is 2.27. The van der Waals surface area contributed by atoms with Crippen molar-refractivity contribution in [1.82, 2.24) is 0 Å². The van der Waals surface area contributed by atoms with Crippen LogP contribution < -0.4 is 4.08 Å². The van der Waals surface area contributed by atoms with Crippen LogP contribution in [0.4, 0.5) is 0 Å². The molecule has 0 fully saturated rings. The summed E-state index contributed by atoms with van der Waals surface area (Å²) in [6.07, 6.45) is 0. The molecule has 100 valence electrons. The molecule has 0 saturated carbocycles. The Morgan fingerprint density at radius 3 is 1.76 bits per heavy atom. The Hall–Kier alpha value is -1.95. The first-order chi connectivity index (χ1) is 10.3. The summed E-state index contributed by atoms with van der Waals surface area (Å²) in [6, 6.07) is 24.4. The normalized spacial score (nSPS) is 12.1. The zero-order valence-electron chi connectivity index (χ0n) is 11.2. The van der Waals surface area contributed by atoms with E-state index in [2.05, 4.69) is 85.6 Å². The van der Waals surface area contributed by atoms with Crippen LogP contribution in [0.15, 0.2) is 66.7 Å². The molecule has 0 atom stereocenters. The molecule has 0 radical (unpaired) electrons. The van der Waals surface area contributed by atoms with Crippen molar-refractivity contribution in [3.8, 4) is 0 Å². The molecule has 0 spiro atoms. The van der Waals surface area contributed by atoms with Crippen molar-refractivity contribution >= 4 is 47.2 Å². The quantitative estimate of drug-likeness (QED) is 0.236. The van der Waals surface area contributed by atoms with Crippen molar-refractivity contribution in [3.63, 3.8) is 0 Å². The number of hydrogen-bond acceptors (Lipinski definition) is 0. The number of rotatable bonds is 0. The molecule has 0 amide bonds. The van der Waals surface area contributed by atoms with Crippen molar-refractivity contribution in [2.75, 3.05) is 0 Å². The molecule has 0 N–H and O–H groups in total. The van der Waals surface area contributed by atoms with Gasteiger partial charge in [-0.25, -0.2) is 0 Å². The topological polar surface area (TPSA) is 0 Å². The standard InChI is InChI=1S/C20H11.Ir/c1-5-13-6-2-11-17-18-12-4-8-14-7-3-10-16(20(14)18)15(9-1)19(13)17;/h1-11H;. The first-order valence-corrected chi connectivity index (χ1v) is 8.26. The molecule has 0 saturated heterocycles. The Labute approximate surface area is 132 Å². The van der Waals surface area contributed by atoms with Gasteiger partial charge in [0.1, 0.15) is 0 Å². The van der Waals surface area contributed by atoms with Gasteiger partial charge < -0.3 is 0 Å². The van der Waals surface area contributed by atoms with E-state index in [9.17, 15) is 0 Å². The average Bonchev–Trinajstić information content (AvgIpc) is 2.53. The minimum absolute atomic E-state index is 1.33. The van der Waals surface area contributed by atoms with Crippen LogP contribution in [0.2, 0.25) is 0 Å². The van der Waals surface area contributed by atoms with Crippen molar-refractivity contribution in [2.24, 2.45) is 0 Å². The van der Waals surface area contributed by atoms with Crippen LogP contribution in [-0.2, 0) is 18.9 Å². The van der Waals surface area contributed by atoms with E-state index in [1.165, 1.54) is 47.2 Å². The van der Waals surface area contributed by atoms with Crippen LogP contribution in [0, 0.1) is 0 Å². The summed E-state index contributed by atoms with van der Waals surface area (Å²) in [4.78, 5) is 0. The number of hydrogen-bond donors (Lipinski definition) is 0. The number of fused-ring (bicyclic) bond motifs is 2. The van der Waals surface area contributed by atoms with Gasteiger partial charge in [0.05, 0.1) is 0 Å². The van der Waals surface area contributed by atoms with Gasteiger partial charge in [-0.3, -0.25) is 0 Å². The predicted octanol–water partition coefficient (Wildman–Crippen LogP) is 4.91. The fraction of sp³-hybridized carbons (Fsp3) is 0. The summed E-state index contributed by atoms with van der Waals surface area (Å²) in [7, 11) is 0. The molecule has 0 aromatic heterocycles. The fourth-order valence-electron chi connectivity index (χ4n) is 3.60. The Bertz CT molecular complexity index is 1130. The van der Waals surface area contributed by atoms with Crippen LogP contribution in [0.5, 0.6) is 0 Å². The fourth-order valence-corrected chi connectivity index (χ4v) is 4.42. The van der Waals surface area contributed by atoms with E-state index < -0.39 is 0 Å². The molecule has 0 nitrogen and oxygen atoms in total. The van der Waals surface area contributed by atoms with Crippen molar-refractivity contribution < 1.29 is 18.9 Å². The van der Waals surface area contributed by atoms with Gasteiger partial charge in [-0.1, -0.05) is 0 Å². The summed E-state index contributed by atoms with van der Waals surface area (Å²) in [5.41, 5.74) is 0. The van der Waals surface area contributed by atoms with Gasteiger partial charge in [0, 0.05) is 0 Å². The van der Waals surface area contributed by atoms with Crippen molar-refractivity contribution in [3.05, 3.63) is 66.7 Å². The van der Waals surface area contributed by atoms with E-state index >= 15 is 0 Å². The Morgan fingerprint density at radius 1 is 0.476 bits per heavy atom. The Morgan fingerprint density at radius 2 is 1.05 bits per heavy atom. The van der Waals surface area contributed by atoms with Crippen LogP contribution >= 0.6 is 0 Å². The molecule has 21 heavy (non-hydrogen) atoms. The molecule has 1 heteroatoms. The third kappa shape index (κ3) is 1.43. The molecule has 5 aromatic carbocycles. The molecule has 0 bridgehead atoms. The van der Waals surface area contributed by atoms with Gasteiger partial charge in [0.15, 0.2) is 0 Å². The molecule has 0 aliphatic rings. The third-order valence-corrected chi connectivity index (χ3v) is 5.44. The number of benzene rings is 5. The summed E-state index contributed by atoms with van der Waals surface area (Å²) in [6.45, 7) is 0. The Balaban J connectivity index is 2.32. The van der Waals surface area contributed by atoms with E-state index in [0.29, 0.717) is 0 Å². The predicted molar refractivity (Wildman–Crippen MR) is 87.3 cm³/mol. The summed E-state index contributed by atoms with van der Waals surface area (Å²) in [5, 5.41) is 11.0. The second-order valence-corrected chi connectivity index (χ2v) is 6.80. The first kappa shape index (κ1) is 11.7. The molecule has 0 unspecified atom stereocenters. The van der Waals surface area contributed by atoms with Crippen molar-refractivity contribution in [2.45, 2.75) is 0 Å². The first-order valence-electron chi connectivity index (χ1n) is 7.06. The summed E-state index contributed by atoms with van der Waals surface area (Å²) < 4.78 is 1.36. The summed E-state index contributed by atoms with van der Waals surface area (Å²) >= 11 is 2.22. The Kier molecular flexibility index (Phi) is 2.25. The van der Waals surface area contributed by atoms with E-state index in [1.54, 1.807) is 0 Å². The van der Waals surface area contributed by atoms with Crippen LogP contribution in [-0.4, -0.2) is 0 Å². The van der Waals surface area contributed by atoms with Gasteiger partial charge in [0.25, 0.3) is 0 Å². The second kappa shape index (κ2) is 4.04. The molecular weight excluding hydrogens is 432 g/mol. The van der Waals surface area contributed by atoms with E-state index in [4.69, 9.17) is 0 Å². The van der Waals surface area contributed by atoms with Gasteiger partial charge >= 0.3 is 133 Å². The molecule has 0 aliphatic carbocycles. The van der Waals surface area contributed by atoms with Crippen molar-refractivity contribution in [1.29, 1.82) is 0 Å².